The lowest BCUT2D eigenvalue weighted by atomic mass is 10.1. The van der Waals surface area contributed by atoms with Gasteiger partial charge in [0.2, 0.25) is 0 Å². The van der Waals surface area contributed by atoms with Gasteiger partial charge in [-0.05, 0) is 37.6 Å². The van der Waals surface area contributed by atoms with E-state index in [0.29, 0.717) is 11.6 Å². The number of rotatable bonds is 5. The van der Waals surface area contributed by atoms with Crippen molar-refractivity contribution in [1.82, 2.24) is 10.3 Å². The highest BCUT2D eigenvalue weighted by Gasteiger charge is 2.13. The zero-order valence-electron chi connectivity index (χ0n) is 10.7. The summed E-state index contributed by atoms with van der Waals surface area (Å²) in [7, 11) is 0. The molecule has 0 aliphatic rings. The molecule has 1 heterocycles. The monoisotopic (exact) mass is 264 g/mol. The Morgan fingerprint density at radius 2 is 2.22 bits per heavy atom. The molecule has 1 aromatic heterocycles. The summed E-state index contributed by atoms with van der Waals surface area (Å²) in [6, 6.07) is 5.93. The lowest BCUT2D eigenvalue weighted by Crippen LogP contribution is -2.14. The second kappa shape index (κ2) is 6.03. The maximum atomic E-state index is 6.25. The van der Waals surface area contributed by atoms with Gasteiger partial charge in [-0.25, -0.2) is 4.98 Å². The Balaban J connectivity index is 2.25. The first-order valence-electron chi connectivity index (χ1n) is 6.12. The van der Waals surface area contributed by atoms with Gasteiger partial charge in [-0.15, -0.1) is 0 Å². The van der Waals surface area contributed by atoms with Crippen molar-refractivity contribution in [3.63, 3.8) is 0 Å². The molecular formula is C14H17ClN2O. The molecule has 0 spiro atoms. The first-order valence-corrected chi connectivity index (χ1v) is 6.49. The average Bonchev–Trinajstić information content (AvgIpc) is 2.78. The number of hydrogen-bond donors (Lipinski definition) is 1. The maximum Gasteiger partial charge on any atom is 0.181 e. The molecule has 4 heteroatoms. The van der Waals surface area contributed by atoms with Gasteiger partial charge in [0.25, 0.3) is 0 Å². The summed E-state index contributed by atoms with van der Waals surface area (Å²) >= 11 is 6.25. The summed E-state index contributed by atoms with van der Waals surface area (Å²) in [6.45, 7) is 5.81. The number of hydrogen-bond acceptors (Lipinski definition) is 3. The third-order valence-electron chi connectivity index (χ3n) is 2.73. The quantitative estimate of drug-likeness (QED) is 0.835. The molecule has 0 radical (unpaired) electrons. The predicted octanol–water partition coefficient (Wildman–Crippen LogP) is 3.80. The topological polar surface area (TPSA) is 38.1 Å². The van der Waals surface area contributed by atoms with E-state index in [1.807, 2.05) is 25.1 Å². The highest BCUT2D eigenvalue weighted by molar-refractivity contribution is 6.33. The number of aryl methyl sites for hydroxylation is 1. The summed E-state index contributed by atoms with van der Waals surface area (Å²) in [4.78, 5) is 4.24. The van der Waals surface area contributed by atoms with E-state index < -0.39 is 0 Å². The molecule has 2 rings (SSSR count). The third-order valence-corrected chi connectivity index (χ3v) is 3.04. The molecule has 0 saturated heterocycles. The Hall–Kier alpha value is -1.32. The first kappa shape index (κ1) is 13.1. The van der Waals surface area contributed by atoms with Crippen molar-refractivity contribution in [1.29, 1.82) is 0 Å². The van der Waals surface area contributed by atoms with E-state index in [4.69, 9.17) is 16.0 Å². The minimum absolute atomic E-state index is 0.698. The van der Waals surface area contributed by atoms with Crippen LogP contribution in [0.15, 0.2) is 29.0 Å². The van der Waals surface area contributed by atoms with Crippen LogP contribution < -0.4 is 5.32 Å². The van der Waals surface area contributed by atoms with Crippen LogP contribution >= 0.6 is 11.6 Å². The normalized spacial score (nSPS) is 10.8. The van der Waals surface area contributed by atoms with Crippen molar-refractivity contribution in [2.24, 2.45) is 0 Å². The second-order valence-electron chi connectivity index (χ2n) is 4.29. The van der Waals surface area contributed by atoms with Crippen LogP contribution in [0.4, 0.5) is 0 Å². The summed E-state index contributed by atoms with van der Waals surface area (Å²) in [5.74, 6) is 0.753. The molecule has 0 aliphatic carbocycles. The van der Waals surface area contributed by atoms with Gasteiger partial charge in [-0.1, -0.05) is 24.6 Å². The number of benzene rings is 1. The molecule has 3 nitrogen and oxygen atoms in total. The Morgan fingerprint density at radius 3 is 2.94 bits per heavy atom. The zero-order valence-corrected chi connectivity index (χ0v) is 11.4. The van der Waals surface area contributed by atoms with Gasteiger partial charge in [-0.2, -0.15) is 0 Å². The lowest BCUT2D eigenvalue weighted by Gasteiger charge is -2.05. The fraction of sp³-hybridized carbons (Fsp3) is 0.357. The van der Waals surface area contributed by atoms with Crippen LogP contribution in [0.25, 0.3) is 11.3 Å². The molecule has 96 valence electrons. The summed E-state index contributed by atoms with van der Waals surface area (Å²) < 4.78 is 5.47. The van der Waals surface area contributed by atoms with Crippen molar-refractivity contribution < 1.29 is 4.42 Å². The highest BCUT2D eigenvalue weighted by Crippen LogP contribution is 2.30. The minimum Gasteiger partial charge on any atom is -0.443 e. The van der Waals surface area contributed by atoms with Gasteiger partial charge in [-0.3, -0.25) is 0 Å². The molecule has 0 atom stereocenters. The molecule has 0 unspecified atom stereocenters. The lowest BCUT2D eigenvalue weighted by molar-refractivity contribution is 0.569. The molecule has 18 heavy (non-hydrogen) atoms. The molecule has 0 fully saturated rings. The molecule has 0 amide bonds. The molecule has 0 saturated carbocycles. The van der Waals surface area contributed by atoms with Crippen LogP contribution in [0.2, 0.25) is 5.02 Å². The van der Waals surface area contributed by atoms with E-state index in [9.17, 15) is 0 Å². The van der Waals surface area contributed by atoms with Gasteiger partial charge < -0.3 is 9.73 Å². The Morgan fingerprint density at radius 1 is 1.39 bits per heavy atom. The van der Waals surface area contributed by atoms with Crippen molar-refractivity contribution >= 4 is 11.6 Å². The molecule has 0 aliphatic heterocycles. The Bertz CT molecular complexity index is 522. The summed E-state index contributed by atoms with van der Waals surface area (Å²) in [5, 5.41) is 4.01. The van der Waals surface area contributed by atoms with Gasteiger partial charge in [0, 0.05) is 12.1 Å². The van der Waals surface area contributed by atoms with Crippen LogP contribution in [-0.4, -0.2) is 11.5 Å². The van der Waals surface area contributed by atoms with Crippen molar-refractivity contribution in [2.75, 3.05) is 6.54 Å². The van der Waals surface area contributed by atoms with Crippen LogP contribution in [0, 0.1) is 6.92 Å². The smallest absolute Gasteiger partial charge is 0.181 e. The third kappa shape index (κ3) is 2.92. The minimum atomic E-state index is 0.698. The standard InChI is InChI=1S/C14H17ClN2O/c1-3-6-16-8-13-14(18-9-17-13)11-5-4-10(2)7-12(11)15/h4-5,7,9,16H,3,6,8H2,1-2H3. The van der Waals surface area contributed by atoms with Crippen molar-refractivity contribution in [2.45, 2.75) is 26.8 Å². The van der Waals surface area contributed by atoms with Gasteiger partial charge in [0.1, 0.15) is 5.69 Å². The van der Waals surface area contributed by atoms with Crippen molar-refractivity contribution in [3.05, 3.63) is 40.9 Å². The van der Waals surface area contributed by atoms with Crippen LogP contribution in [0.5, 0.6) is 0 Å². The van der Waals surface area contributed by atoms with E-state index in [2.05, 4.69) is 17.2 Å². The predicted molar refractivity (Wildman–Crippen MR) is 73.7 cm³/mol. The molecule has 2 aromatic rings. The van der Waals surface area contributed by atoms with Gasteiger partial charge in [0.15, 0.2) is 12.2 Å². The number of aromatic nitrogens is 1. The second-order valence-corrected chi connectivity index (χ2v) is 4.70. The van der Waals surface area contributed by atoms with Gasteiger partial charge >= 0.3 is 0 Å². The summed E-state index contributed by atoms with van der Waals surface area (Å²) in [5.41, 5.74) is 2.93. The van der Waals surface area contributed by atoms with Crippen LogP contribution in [0.3, 0.4) is 0 Å². The summed E-state index contributed by atoms with van der Waals surface area (Å²) in [6.07, 6.45) is 2.56. The van der Waals surface area contributed by atoms with E-state index in [-0.39, 0.29) is 0 Å². The molecular weight excluding hydrogens is 248 g/mol. The van der Waals surface area contributed by atoms with Crippen molar-refractivity contribution in [3.8, 4) is 11.3 Å². The van der Waals surface area contributed by atoms with Gasteiger partial charge in [0.05, 0.1) is 5.02 Å². The molecule has 1 N–H and O–H groups in total. The first-order chi connectivity index (χ1) is 8.72. The van der Waals surface area contributed by atoms with E-state index in [1.165, 1.54) is 6.39 Å². The average molecular weight is 265 g/mol. The zero-order chi connectivity index (χ0) is 13.0. The van der Waals surface area contributed by atoms with Crippen LogP contribution in [-0.2, 0) is 6.54 Å². The largest absolute Gasteiger partial charge is 0.443 e. The number of oxazole rings is 1. The Labute approximate surface area is 112 Å². The number of nitrogens with one attached hydrogen (secondary N) is 1. The SMILES string of the molecule is CCCNCc1ncoc1-c1ccc(C)cc1Cl. The van der Waals surface area contributed by atoms with E-state index >= 15 is 0 Å². The number of halogens is 1. The van der Waals surface area contributed by atoms with E-state index in [1.54, 1.807) is 0 Å². The fourth-order valence-corrected chi connectivity index (χ4v) is 2.12. The number of nitrogens with zero attached hydrogens (tertiary/aromatic N) is 1. The van der Waals surface area contributed by atoms with Crippen LogP contribution in [0.1, 0.15) is 24.6 Å². The van der Waals surface area contributed by atoms with E-state index in [0.717, 1.165) is 35.5 Å². The Kier molecular flexibility index (Phi) is 4.39. The fourth-order valence-electron chi connectivity index (χ4n) is 1.80. The highest BCUT2D eigenvalue weighted by atomic mass is 35.5. The maximum absolute atomic E-state index is 6.25. The molecule has 1 aromatic carbocycles. The molecule has 0 bridgehead atoms.